The third-order valence-corrected chi connectivity index (χ3v) is 4.40. The smallest absolute Gasteiger partial charge is 0.302 e. The highest BCUT2D eigenvalue weighted by Gasteiger charge is 2.37. The Morgan fingerprint density at radius 2 is 1.78 bits per heavy atom. The van der Waals surface area contributed by atoms with E-state index in [0.29, 0.717) is 12.4 Å². The van der Waals surface area contributed by atoms with Crippen LogP contribution in [0.2, 0.25) is 0 Å². The summed E-state index contributed by atoms with van der Waals surface area (Å²) < 4.78 is 21.7. The van der Waals surface area contributed by atoms with E-state index in [2.05, 4.69) is 4.90 Å². The molecule has 0 spiro atoms. The average Bonchev–Trinajstić information content (AvgIpc) is 2.91. The number of carbonyl (C=O) groups is 1. The van der Waals surface area contributed by atoms with Gasteiger partial charge in [-0.3, -0.25) is 9.69 Å². The fourth-order valence-electron chi connectivity index (χ4n) is 3.19. The molecule has 6 nitrogen and oxygen atoms in total. The minimum absolute atomic E-state index is 0.0927. The number of ether oxygens (including phenoxy) is 4. The van der Waals surface area contributed by atoms with Crippen molar-refractivity contribution in [3.63, 3.8) is 0 Å². The molecule has 1 aromatic rings. The molecule has 1 aromatic carbocycles. The summed E-state index contributed by atoms with van der Waals surface area (Å²) in [6, 6.07) is 3.81. The van der Waals surface area contributed by atoms with Crippen molar-refractivity contribution < 1.29 is 23.7 Å². The van der Waals surface area contributed by atoms with Gasteiger partial charge in [-0.15, -0.1) is 0 Å². The topological polar surface area (TPSA) is 57.2 Å². The molecule has 1 aliphatic rings. The predicted octanol–water partition coefficient (Wildman–Crippen LogP) is 2.06. The monoisotopic (exact) mass is 323 g/mol. The maximum atomic E-state index is 11.2. The van der Waals surface area contributed by atoms with Gasteiger partial charge in [0.15, 0.2) is 0 Å². The van der Waals surface area contributed by atoms with E-state index in [-0.39, 0.29) is 17.9 Å². The summed E-state index contributed by atoms with van der Waals surface area (Å²) >= 11 is 0. The molecule has 128 valence electrons. The zero-order chi connectivity index (χ0) is 17.0. The summed E-state index contributed by atoms with van der Waals surface area (Å²) in [5, 5.41) is 0. The molecular weight excluding hydrogens is 298 g/mol. The molecule has 2 rings (SSSR count). The van der Waals surface area contributed by atoms with Gasteiger partial charge in [-0.1, -0.05) is 0 Å². The van der Waals surface area contributed by atoms with Crippen LogP contribution in [-0.2, 0) is 9.53 Å². The van der Waals surface area contributed by atoms with Gasteiger partial charge in [0, 0.05) is 30.5 Å². The van der Waals surface area contributed by atoms with E-state index in [1.807, 2.05) is 19.2 Å². The zero-order valence-corrected chi connectivity index (χ0v) is 14.4. The van der Waals surface area contributed by atoms with Gasteiger partial charge in [0.1, 0.15) is 23.9 Å². The van der Waals surface area contributed by atoms with Crippen molar-refractivity contribution in [3.05, 3.63) is 17.7 Å². The molecule has 23 heavy (non-hydrogen) atoms. The fourth-order valence-corrected chi connectivity index (χ4v) is 3.19. The molecule has 0 aliphatic carbocycles. The lowest BCUT2D eigenvalue weighted by Crippen LogP contribution is -2.34. The second kappa shape index (κ2) is 7.55. The fraction of sp³-hybridized carbons (Fsp3) is 0.588. The van der Waals surface area contributed by atoms with Crippen LogP contribution in [0.25, 0.3) is 0 Å². The van der Waals surface area contributed by atoms with E-state index in [0.717, 1.165) is 30.0 Å². The predicted molar refractivity (Wildman–Crippen MR) is 86.5 cm³/mol. The summed E-state index contributed by atoms with van der Waals surface area (Å²) in [5.41, 5.74) is 0.998. The summed E-state index contributed by atoms with van der Waals surface area (Å²) in [5.74, 6) is 2.04. The molecule has 1 saturated heterocycles. The number of esters is 1. The van der Waals surface area contributed by atoms with Crippen LogP contribution in [0.5, 0.6) is 17.2 Å². The Morgan fingerprint density at radius 1 is 1.17 bits per heavy atom. The zero-order valence-electron chi connectivity index (χ0n) is 14.4. The lowest BCUT2D eigenvalue weighted by Gasteiger charge is -2.27. The lowest BCUT2D eigenvalue weighted by molar-refractivity contribution is -0.142. The van der Waals surface area contributed by atoms with Crippen molar-refractivity contribution in [1.29, 1.82) is 0 Å². The second-order valence-electron chi connectivity index (χ2n) is 5.69. The van der Waals surface area contributed by atoms with Crippen molar-refractivity contribution in [2.24, 2.45) is 0 Å². The van der Waals surface area contributed by atoms with Crippen LogP contribution in [0.3, 0.4) is 0 Å². The largest absolute Gasteiger partial charge is 0.496 e. The normalized spacial score (nSPS) is 21.1. The molecule has 1 aliphatic heterocycles. The van der Waals surface area contributed by atoms with Crippen molar-refractivity contribution in [1.82, 2.24) is 4.90 Å². The summed E-state index contributed by atoms with van der Waals surface area (Å²) in [7, 11) is 6.92. The molecule has 0 unspecified atom stereocenters. The van der Waals surface area contributed by atoms with E-state index in [1.54, 1.807) is 21.3 Å². The Balaban J connectivity index is 2.40. The van der Waals surface area contributed by atoms with Gasteiger partial charge in [-0.2, -0.15) is 0 Å². The van der Waals surface area contributed by atoms with Crippen LogP contribution < -0.4 is 14.2 Å². The minimum atomic E-state index is -0.266. The van der Waals surface area contributed by atoms with E-state index >= 15 is 0 Å². The Kier molecular flexibility index (Phi) is 5.71. The molecule has 0 bridgehead atoms. The minimum Gasteiger partial charge on any atom is -0.496 e. The van der Waals surface area contributed by atoms with Gasteiger partial charge < -0.3 is 18.9 Å². The number of likely N-dealkylation sites (N-methyl/N-ethyl adjacent to an activating group) is 1. The van der Waals surface area contributed by atoms with Crippen molar-refractivity contribution in [2.45, 2.75) is 25.3 Å². The van der Waals surface area contributed by atoms with Crippen molar-refractivity contribution >= 4 is 5.97 Å². The molecular formula is C17H25NO5. The number of benzene rings is 1. The molecule has 1 fully saturated rings. The van der Waals surface area contributed by atoms with Gasteiger partial charge in [-0.25, -0.2) is 0 Å². The van der Waals surface area contributed by atoms with E-state index in [4.69, 9.17) is 18.9 Å². The molecule has 0 aromatic heterocycles. The highest BCUT2D eigenvalue weighted by Crippen LogP contribution is 2.45. The van der Waals surface area contributed by atoms with E-state index in [9.17, 15) is 4.79 Å². The maximum Gasteiger partial charge on any atom is 0.302 e. The van der Waals surface area contributed by atoms with E-state index in [1.165, 1.54) is 6.92 Å². The number of hydrogen-bond acceptors (Lipinski definition) is 6. The van der Waals surface area contributed by atoms with Gasteiger partial charge in [-0.05, 0) is 20.0 Å². The maximum absolute atomic E-state index is 11.2. The lowest BCUT2D eigenvalue weighted by atomic mass is 9.90. The molecule has 1 heterocycles. The van der Waals surface area contributed by atoms with Crippen LogP contribution in [0.15, 0.2) is 12.1 Å². The summed E-state index contributed by atoms with van der Waals surface area (Å²) in [4.78, 5) is 13.4. The first kappa shape index (κ1) is 17.4. The van der Waals surface area contributed by atoms with Crippen LogP contribution >= 0.6 is 0 Å². The van der Waals surface area contributed by atoms with Crippen molar-refractivity contribution in [2.75, 3.05) is 41.5 Å². The van der Waals surface area contributed by atoms with Crippen molar-refractivity contribution in [3.8, 4) is 17.2 Å². The van der Waals surface area contributed by atoms with Gasteiger partial charge in [0.2, 0.25) is 0 Å². The van der Waals surface area contributed by atoms with Gasteiger partial charge in [0.25, 0.3) is 0 Å². The highest BCUT2D eigenvalue weighted by molar-refractivity contribution is 5.66. The first-order valence-electron chi connectivity index (χ1n) is 7.65. The number of carbonyl (C=O) groups excluding carboxylic acids is 1. The standard InChI is InChI=1S/C17H25NO5/c1-11(19)23-10-14-13(6-7-18(14)2)17-15(21-4)8-12(20-3)9-16(17)22-5/h8-9,13-14H,6-7,10H2,1-5H3/t13-,14+/m1/s1. The number of hydrogen-bond donors (Lipinski definition) is 0. The number of likely N-dealkylation sites (tertiary alicyclic amines) is 1. The average molecular weight is 323 g/mol. The summed E-state index contributed by atoms with van der Waals surface area (Å²) in [6.45, 7) is 2.71. The first-order chi connectivity index (χ1) is 11.0. The summed E-state index contributed by atoms with van der Waals surface area (Å²) in [6.07, 6.45) is 0.946. The van der Waals surface area contributed by atoms with Gasteiger partial charge in [0.05, 0.1) is 27.4 Å². The van der Waals surface area contributed by atoms with Gasteiger partial charge >= 0.3 is 5.97 Å². The van der Waals surface area contributed by atoms with Crippen LogP contribution in [-0.4, -0.2) is 58.4 Å². The molecule has 0 N–H and O–H groups in total. The Morgan fingerprint density at radius 3 is 2.26 bits per heavy atom. The molecule has 0 radical (unpaired) electrons. The quantitative estimate of drug-likeness (QED) is 0.747. The Labute approximate surface area is 137 Å². The molecule has 6 heteroatoms. The number of methoxy groups -OCH3 is 3. The number of rotatable bonds is 6. The van der Waals surface area contributed by atoms with Crippen LogP contribution in [0.4, 0.5) is 0 Å². The Bertz CT molecular complexity index is 535. The molecule has 0 amide bonds. The molecule has 2 atom stereocenters. The van der Waals surface area contributed by atoms with E-state index < -0.39 is 0 Å². The number of nitrogens with zero attached hydrogens (tertiary/aromatic N) is 1. The van der Waals surface area contributed by atoms with Crippen LogP contribution in [0, 0.1) is 0 Å². The molecule has 0 saturated carbocycles. The first-order valence-corrected chi connectivity index (χ1v) is 7.65. The highest BCUT2D eigenvalue weighted by atomic mass is 16.5. The Hall–Kier alpha value is -1.95. The SMILES string of the molecule is COc1cc(OC)c([C@@H]2CCN(C)[C@H]2COC(C)=O)c(OC)c1. The van der Waals surface area contributed by atoms with Crippen LogP contribution in [0.1, 0.15) is 24.8 Å². The third kappa shape index (κ3) is 3.69. The third-order valence-electron chi connectivity index (χ3n) is 4.40. The second-order valence-corrected chi connectivity index (χ2v) is 5.69.